The Hall–Kier alpha value is -3.16. The minimum absolute atomic E-state index is 0.0289. The first-order valence-corrected chi connectivity index (χ1v) is 13.8. The third-order valence-corrected chi connectivity index (χ3v) is 8.90. The number of anilines is 4. The van der Waals surface area contributed by atoms with Crippen LogP contribution >= 0.6 is 11.6 Å². The van der Waals surface area contributed by atoms with Crippen molar-refractivity contribution in [2.75, 3.05) is 30.9 Å². The number of nitrogens with one attached hydrogen (secondary N) is 1. The number of carboxylic acids is 1. The molecule has 198 valence electrons. The monoisotopic (exact) mass is 531 g/mol. The van der Waals surface area contributed by atoms with Crippen molar-refractivity contribution >= 4 is 40.7 Å². The van der Waals surface area contributed by atoms with E-state index in [2.05, 4.69) is 41.4 Å². The zero-order valence-electron chi connectivity index (χ0n) is 22.2. The molecule has 38 heavy (non-hydrogen) atoms. The minimum Gasteiger partial charge on any atom is -0.481 e. The van der Waals surface area contributed by atoms with Crippen molar-refractivity contribution in [2.24, 2.45) is 0 Å². The second kappa shape index (κ2) is 9.54. The standard InChI is InChI=1S/C30H34ClN5O2/c1-30(15-26(37)38)17-36(25-10-5-4-9-23(25)30)28-24(31)16-32-29(34-28)33-21-11-18-7-6-8-19-13-22(35(2)3)14-20(12-21)27(18)19/h4-5,9-12,16,19,22H,6-8,13-15,17H2,1-3H3,(H,37,38)(H,32,33,34). The number of fused-ring (bicyclic) bond motifs is 1. The number of likely N-dealkylation sites (N-methyl/N-ethyl adjacent to an activating group) is 1. The summed E-state index contributed by atoms with van der Waals surface area (Å²) in [5.74, 6) is 0.888. The van der Waals surface area contributed by atoms with Gasteiger partial charge in [0, 0.05) is 29.4 Å². The molecule has 3 aromatic rings. The fourth-order valence-corrected chi connectivity index (χ4v) is 7.07. The van der Waals surface area contributed by atoms with Crippen LogP contribution < -0.4 is 10.2 Å². The third-order valence-electron chi connectivity index (χ3n) is 8.63. The quantitative estimate of drug-likeness (QED) is 0.400. The van der Waals surface area contributed by atoms with E-state index in [9.17, 15) is 9.90 Å². The van der Waals surface area contributed by atoms with Crippen molar-refractivity contribution in [1.29, 1.82) is 0 Å². The van der Waals surface area contributed by atoms with Crippen molar-refractivity contribution in [1.82, 2.24) is 14.9 Å². The number of carbonyl (C=O) groups is 1. The van der Waals surface area contributed by atoms with Crippen LogP contribution in [0.4, 0.5) is 23.1 Å². The number of aliphatic carboxylic acids is 1. The lowest BCUT2D eigenvalue weighted by Gasteiger charge is -2.39. The van der Waals surface area contributed by atoms with E-state index in [-0.39, 0.29) is 6.42 Å². The van der Waals surface area contributed by atoms with Gasteiger partial charge < -0.3 is 20.2 Å². The number of aromatic nitrogens is 2. The summed E-state index contributed by atoms with van der Waals surface area (Å²) in [6, 6.07) is 13.0. The summed E-state index contributed by atoms with van der Waals surface area (Å²) in [4.78, 5) is 25.4. The molecule has 8 heteroatoms. The predicted molar refractivity (Wildman–Crippen MR) is 151 cm³/mol. The summed E-state index contributed by atoms with van der Waals surface area (Å²) in [6.07, 6.45) is 7.57. The van der Waals surface area contributed by atoms with Gasteiger partial charge in [0.2, 0.25) is 5.95 Å². The van der Waals surface area contributed by atoms with E-state index in [0.29, 0.717) is 35.3 Å². The van der Waals surface area contributed by atoms with Gasteiger partial charge in [-0.2, -0.15) is 4.98 Å². The minimum atomic E-state index is -0.824. The molecule has 0 bridgehead atoms. The van der Waals surface area contributed by atoms with Crippen molar-refractivity contribution in [3.63, 3.8) is 0 Å². The molecule has 1 aromatic heterocycles. The number of aryl methyl sites for hydroxylation is 1. The van der Waals surface area contributed by atoms with Crippen molar-refractivity contribution in [3.05, 3.63) is 69.9 Å². The SMILES string of the molecule is CN(C)C1Cc2cc(Nc3ncc(Cl)c(N4CC(C)(CC(=O)O)c5ccccc54)n3)cc3c2C(CCC3)C1. The molecule has 3 atom stereocenters. The lowest BCUT2D eigenvalue weighted by molar-refractivity contribution is -0.138. The molecule has 3 aliphatic rings. The zero-order valence-corrected chi connectivity index (χ0v) is 22.9. The van der Waals surface area contributed by atoms with E-state index >= 15 is 0 Å². The van der Waals surface area contributed by atoms with Crippen molar-refractivity contribution < 1.29 is 9.90 Å². The zero-order chi connectivity index (χ0) is 26.6. The molecular weight excluding hydrogens is 498 g/mol. The Bertz CT molecular complexity index is 1410. The number of nitrogens with zero attached hydrogens (tertiary/aromatic N) is 4. The third kappa shape index (κ3) is 4.41. The normalized spacial score (nSPS) is 23.8. The number of benzene rings is 2. The fraction of sp³-hybridized carbons (Fsp3) is 0.433. The predicted octanol–water partition coefficient (Wildman–Crippen LogP) is 6.05. The van der Waals surface area contributed by atoms with E-state index in [1.165, 1.54) is 30.4 Å². The van der Waals surface area contributed by atoms with Gasteiger partial charge in [0.15, 0.2) is 5.82 Å². The molecule has 7 nitrogen and oxygen atoms in total. The Labute approximate surface area is 228 Å². The molecule has 6 rings (SSSR count). The summed E-state index contributed by atoms with van der Waals surface area (Å²) in [5, 5.41) is 13.5. The Morgan fingerprint density at radius 1 is 1.26 bits per heavy atom. The van der Waals surface area contributed by atoms with Crippen LogP contribution in [0.1, 0.15) is 60.8 Å². The number of halogens is 1. The summed E-state index contributed by atoms with van der Waals surface area (Å²) in [6.45, 7) is 2.46. The first kappa shape index (κ1) is 25.1. The second-order valence-corrected chi connectivity index (χ2v) is 12.0. The van der Waals surface area contributed by atoms with E-state index in [4.69, 9.17) is 16.6 Å². The van der Waals surface area contributed by atoms with Gasteiger partial charge in [0.25, 0.3) is 0 Å². The number of carboxylic acid groups (broad SMARTS) is 1. The molecule has 0 amide bonds. The van der Waals surface area contributed by atoms with Crippen LogP contribution in [0.2, 0.25) is 5.02 Å². The van der Waals surface area contributed by atoms with Crippen molar-refractivity contribution in [3.8, 4) is 0 Å². The molecule has 0 saturated carbocycles. The molecule has 0 fully saturated rings. The smallest absolute Gasteiger partial charge is 0.304 e. The first-order valence-electron chi connectivity index (χ1n) is 13.4. The summed E-state index contributed by atoms with van der Waals surface area (Å²) >= 11 is 6.64. The lowest BCUT2D eigenvalue weighted by Crippen LogP contribution is -2.36. The average molecular weight is 532 g/mol. The van der Waals surface area contributed by atoms with Crippen LogP contribution in [0.5, 0.6) is 0 Å². The highest BCUT2D eigenvalue weighted by Crippen LogP contribution is 2.47. The number of hydrogen-bond donors (Lipinski definition) is 2. The maximum Gasteiger partial charge on any atom is 0.304 e. The number of para-hydroxylation sites is 1. The van der Waals surface area contributed by atoms with E-state index in [1.807, 2.05) is 36.1 Å². The van der Waals surface area contributed by atoms with E-state index in [0.717, 1.165) is 29.8 Å². The molecule has 2 N–H and O–H groups in total. The molecule has 2 aromatic carbocycles. The Morgan fingerprint density at radius 2 is 2.05 bits per heavy atom. The molecule has 2 heterocycles. The molecule has 3 unspecified atom stereocenters. The topological polar surface area (TPSA) is 81.6 Å². The van der Waals surface area contributed by atoms with Crippen LogP contribution in [-0.4, -0.2) is 52.6 Å². The van der Waals surface area contributed by atoms with Gasteiger partial charge in [-0.15, -0.1) is 0 Å². The summed E-state index contributed by atoms with van der Waals surface area (Å²) < 4.78 is 0. The van der Waals surface area contributed by atoms with E-state index < -0.39 is 11.4 Å². The largest absolute Gasteiger partial charge is 0.481 e. The van der Waals surface area contributed by atoms with Gasteiger partial charge >= 0.3 is 5.97 Å². The van der Waals surface area contributed by atoms with Crippen molar-refractivity contribution in [2.45, 2.75) is 62.8 Å². The van der Waals surface area contributed by atoms with Gasteiger partial charge in [-0.3, -0.25) is 4.79 Å². The Morgan fingerprint density at radius 3 is 2.84 bits per heavy atom. The van der Waals surface area contributed by atoms with Crippen LogP contribution in [0.15, 0.2) is 42.6 Å². The highest BCUT2D eigenvalue weighted by molar-refractivity contribution is 6.33. The highest BCUT2D eigenvalue weighted by Gasteiger charge is 2.42. The van der Waals surface area contributed by atoms with Crippen LogP contribution in [0.3, 0.4) is 0 Å². The molecule has 0 radical (unpaired) electrons. The maximum atomic E-state index is 11.7. The molecule has 2 aliphatic carbocycles. The molecular formula is C30H34ClN5O2. The molecule has 0 saturated heterocycles. The number of rotatable bonds is 6. The van der Waals surface area contributed by atoms with E-state index in [1.54, 1.807) is 11.8 Å². The van der Waals surface area contributed by atoms with Gasteiger partial charge in [-0.1, -0.05) is 36.7 Å². The lowest BCUT2D eigenvalue weighted by atomic mass is 9.71. The van der Waals surface area contributed by atoms with Gasteiger partial charge in [0.05, 0.1) is 12.6 Å². The molecule has 1 aliphatic heterocycles. The Kier molecular flexibility index (Phi) is 6.31. The summed E-state index contributed by atoms with van der Waals surface area (Å²) in [7, 11) is 4.37. The average Bonchev–Trinajstić information content (AvgIpc) is 3.16. The van der Waals surface area contributed by atoms with Crippen LogP contribution in [0, 0.1) is 0 Å². The maximum absolute atomic E-state index is 11.7. The fourth-order valence-electron chi connectivity index (χ4n) is 6.88. The van der Waals surface area contributed by atoms with Crippen LogP contribution in [0.25, 0.3) is 0 Å². The first-order chi connectivity index (χ1) is 18.2. The second-order valence-electron chi connectivity index (χ2n) is 11.6. The van der Waals surface area contributed by atoms with Gasteiger partial charge in [-0.05, 0) is 92.6 Å². The highest BCUT2D eigenvalue weighted by atomic mass is 35.5. The van der Waals surface area contributed by atoms with Crippen LogP contribution in [-0.2, 0) is 23.1 Å². The van der Waals surface area contributed by atoms with Gasteiger partial charge in [-0.25, -0.2) is 4.98 Å². The Balaban J connectivity index is 1.33. The van der Waals surface area contributed by atoms with Gasteiger partial charge in [0.1, 0.15) is 5.02 Å². The summed E-state index contributed by atoms with van der Waals surface area (Å²) in [5.41, 5.74) is 6.84. The molecule has 0 spiro atoms. The number of hydrogen-bond acceptors (Lipinski definition) is 6.